The molecule has 0 fully saturated rings. The molecule has 0 amide bonds. The summed E-state index contributed by atoms with van der Waals surface area (Å²) in [6.45, 7) is 0. The Balaban J connectivity index is 2.17. The zero-order chi connectivity index (χ0) is 18.6. The average Bonchev–Trinajstić information content (AvgIpc) is 2.56. The molecule has 2 N–H and O–H groups in total. The number of halogens is 1. The number of hydrogen-bond acceptors (Lipinski definition) is 7. The van der Waals surface area contributed by atoms with Gasteiger partial charge in [0.25, 0.3) is 0 Å². The highest BCUT2D eigenvalue weighted by Crippen LogP contribution is 2.27. The number of nitriles is 1. The van der Waals surface area contributed by atoms with Crippen LogP contribution in [0.4, 0.5) is 0 Å². The molecule has 25 heavy (non-hydrogen) atoms. The fourth-order valence-electron chi connectivity index (χ4n) is 1.89. The van der Waals surface area contributed by atoms with Crippen molar-refractivity contribution in [3.05, 3.63) is 51.8 Å². The molecule has 1 aromatic carbocycles. The van der Waals surface area contributed by atoms with Crippen LogP contribution in [0.5, 0.6) is 11.5 Å². The molecular formula is C16H9BrN2O6. The van der Waals surface area contributed by atoms with Crippen LogP contribution < -0.4 is 4.74 Å². The Morgan fingerprint density at radius 3 is 2.68 bits per heavy atom. The van der Waals surface area contributed by atoms with Gasteiger partial charge in [0.05, 0.1) is 11.1 Å². The van der Waals surface area contributed by atoms with E-state index in [9.17, 15) is 19.5 Å². The quantitative estimate of drug-likeness (QED) is 0.439. The van der Waals surface area contributed by atoms with E-state index in [1.807, 2.05) is 6.07 Å². The third kappa shape index (κ3) is 4.19. The number of ether oxygens (including phenoxy) is 1. The van der Waals surface area contributed by atoms with Crippen LogP contribution in [-0.4, -0.2) is 32.9 Å². The topological polar surface area (TPSA) is 138 Å². The molecule has 0 aliphatic heterocycles. The van der Waals surface area contributed by atoms with Crippen molar-refractivity contribution in [2.24, 2.45) is 0 Å². The van der Waals surface area contributed by atoms with Gasteiger partial charge in [0.15, 0.2) is 17.2 Å². The molecule has 0 bridgehead atoms. The highest BCUT2D eigenvalue weighted by atomic mass is 79.9. The van der Waals surface area contributed by atoms with Crippen molar-refractivity contribution in [3.63, 3.8) is 0 Å². The number of ketones is 1. The number of phenolic OH excluding ortho intramolecular Hbond substituents is 1. The van der Waals surface area contributed by atoms with E-state index in [1.54, 1.807) is 0 Å². The summed E-state index contributed by atoms with van der Waals surface area (Å²) in [7, 11) is 0. The number of hydrogen-bond donors (Lipinski definition) is 2. The lowest BCUT2D eigenvalue weighted by Gasteiger charge is -2.08. The molecule has 0 atom stereocenters. The third-order valence-electron chi connectivity index (χ3n) is 3.01. The fourth-order valence-corrected chi connectivity index (χ4v) is 2.32. The smallest absolute Gasteiger partial charge is 0.358 e. The monoisotopic (exact) mass is 404 g/mol. The largest absolute Gasteiger partial charge is 0.507 e. The van der Waals surface area contributed by atoms with Crippen molar-refractivity contribution in [1.29, 1.82) is 5.26 Å². The Kier molecular flexibility index (Phi) is 5.46. The first-order valence-corrected chi connectivity index (χ1v) is 7.47. The Bertz CT molecular complexity index is 919. The number of aromatic hydroxyl groups is 1. The van der Waals surface area contributed by atoms with E-state index in [1.165, 1.54) is 24.4 Å². The van der Waals surface area contributed by atoms with Gasteiger partial charge < -0.3 is 14.9 Å². The van der Waals surface area contributed by atoms with Crippen molar-refractivity contribution in [2.45, 2.75) is 6.42 Å². The first-order valence-electron chi connectivity index (χ1n) is 6.68. The third-order valence-corrected chi connectivity index (χ3v) is 3.66. The number of esters is 1. The summed E-state index contributed by atoms with van der Waals surface area (Å²) in [4.78, 5) is 38.6. The number of pyridine rings is 1. The molecular weight excluding hydrogens is 396 g/mol. The zero-order valence-electron chi connectivity index (χ0n) is 12.4. The molecule has 8 nitrogen and oxygen atoms in total. The number of carboxylic acid groups (broad SMARTS) is 1. The van der Waals surface area contributed by atoms with E-state index >= 15 is 0 Å². The van der Waals surface area contributed by atoms with Crippen molar-refractivity contribution in [3.8, 4) is 17.6 Å². The van der Waals surface area contributed by atoms with Crippen LogP contribution in [0.25, 0.3) is 0 Å². The number of carbonyl (C=O) groups is 3. The minimum atomic E-state index is -1.39. The normalized spacial score (nSPS) is 9.92. The second-order valence-corrected chi connectivity index (χ2v) is 5.54. The second kappa shape index (κ2) is 7.55. The van der Waals surface area contributed by atoms with Crippen LogP contribution >= 0.6 is 15.9 Å². The van der Waals surface area contributed by atoms with Gasteiger partial charge in [-0.3, -0.25) is 9.59 Å². The SMILES string of the molecule is N#Cc1cc(O)c(C(=O)CC(=O)Oc2cccnc2C(=O)O)cc1Br. The van der Waals surface area contributed by atoms with Crippen molar-refractivity contribution >= 4 is 33.7 Å². The number of benzene rings is 1. The summed E-state index contributed by atoms with van der Waals surface area (Å²) in [5.41, 5.74) is -0.516. The van der Waals surface area contributed by atoms with Gasteiger partial charge >= 0.3 is 11.9 Å². The molecule has 2 aromatic rings. The summed E-state index contributed by atoms with van der Waals surface area (Å²) in [6.07, 6.45) is 0.484. The molecule has 0 saturated heterocycles. The molecule has 0 unspecified atom stereocenters. The molecule has 0 aliphatic carbocycles. The molecule has 2 rings (SSSR count). The number of phenols is 1. The highest BCUT2D eigenvalue weighted by molar-refractivity contribution is 9.10. The summed E-state index contributed by atoms with van der Waals surface area (Å²) in [5.74, 6) is -3.90. The van der Waals surface area contributed by atoms with E-state index in [-0.39, 0.29) is 21.3 Å². The van der Waals surface area contributed by atoms with Crippen LogP contribution in [0.2, 0.25) is 0 Å². The lowest BCUT2D eigenvalue weighted by molar-refractivity contribution is -0.133. The second-order valence-electron chi connectivity index (χ2n) is 4.69. The maximum Gasteiger partial charge on any atom is 0.358 e. The number of nitrogens with zero attached hydrogens (tertiary/aromatic N) is 2. The molecule has 0 spiro atoms. The van der Waals surface area contributed by atoms with Crippen LogP contribution in [0.3, 0.4) is 0 Å². The number of aromatic nitrogens is 1. The molecule has 0 aliphatic rings. The van der Waals surface area contributed by atoms with Crippen LogP contribution in [0, 0.1) is 11.3 Å². The van der Waals surface area contributed by atoms with Gasteiger partial charge in [-0.1, -0.05) is 0 Å². The van der Waals surface area contributed by atoms with E-state index in [2.05, 4.69) is 20.9 Å². The van der Waals surface area contributed by atoms with Crippen molar-refractivity contribution in [2.75, 3.05) is 0 Å². The maximum absolute atomic E-state index is 12.1. The van der Waals surface area contributed by atoms with Gasteiger partial charge in [-0.15, -0.1) is 0 Å². The van der Waals surface area contributed by atoms with Gasteiger partial charge in [-0.25, -0.2) is 9.78 Å². The lowest BCUT2D eigenvalue weighted by Crippen LogP contribution is -2.16. The minimum Gasteiger partial charge on any atom is -0.507 e. The van der Waals surface area contributed by atoms with Crippen molar-refractivity contribution < 1.29 is 29.3 Å². The predicted molar refractivity (Wildman–Crippen MR) is 86.3 cm³/mol. The lowest BCUT2D eigenvalue weighted by atomic mass is 10.0. The van der Waals surface area contributed by atoms with Gasteiger partial charge in [0, 0.05) is 10.7 Å². The minimum absolute atomic E-state index is 0.123. The van der Waals surface area contributed by atoms with Gasteiger partial charge in [-0.05, 0) is 40.2 Å². The number of Topliss-reactive ketones (excluding diaryl/α,β-unsaturated/α-hetero) is 1. The predicted octanol–water partition coefficient (Wildman–Crippen LogP) is 2.30. The number of carboxylic acids is 1. The summed E-state index contributed by atoms with van der Waals surface area (Å²) in [6, 6.07) is 6.73. The summed E-state index contributed by atoms with van der Waals surface area (Å²) < 4.78 is 5.15. The summed E-state index contributed by atoms with van der Waals surface area (Å²) >= 11 is 3.08. The van der Waals surface area contributed by atoms with Gasteiger partial charge in [0.1, 0.15) is 18.2 Å². The fraction of sp³-hybridized carbons (Fsp3) is 0.0625. The van der Waals surface area contributed by atoms with Gasteiger partial charge in [-0.2, -0.15) is 5.26 Å². The molecule has 1 aromatic heterocycles. The maximum atomic E-state index is 12.1. The molecule has 1 heterocycles. The standard InChI is InChI=1S/C16H9BrN2O6/c17-10-5-9(11(20)4-8(10)7-18)12(21)6-14(22)25-13-2-1-3-19-15(13)16(23)24/h1-5,20H,6H2,(H,23,24). The number of carbonyl (C=O) groups excluding carboxylic acids is 2. The van der Waals surface area contributed by atoms with Crippen LogP contribution in [0.1, 0.15) is 32.8 Å². The first kappa shape index (κ1) is 18.1. The van der Waals surface area contributed by atoms with Gasteiger partial charge in [0.2, 0.25) is 0 Å². The van der Waals surface area contributed by atoms with E-state index in [0.29, 0.717) is 0 Å². The Morgan fingerprint density at radius 1 is 1.32 bits per heavy atom. The molecule has 126 valence electrons. The zero-order valence-corrected chi connectivity index (χ0v) is 14.0. The van der Waals surface area contributed by atoms with Crippen LogP contribution in [0.15, 0.2) is 34.9 Å². The molecule has 0 saturated carbocycles. The highest BCUT2D eigenvalue weighted by Gasteiger charge is 2.21. The Labute approximate surface area is 149 Å². The van der Waals surface area contributed by atoms with Crippen molar-refractivity contribution in [1.82, 2.24) is 4.98 Å². The molecule has 0 radical (unpaired) electrons. The number of rotatable bonds is 5. The average molecular weight is 405 g/mol. The van der Waals surface area contributed by atoms with E-state index < -0.39 is 35.6 Å². The Morgan fingerprint density at radius 2 is 2.04 bits per heavy atom. The first-order chi connectivity index (χ1) is 11.8. The molecule has 9 heteroatoms. The van der Waals surface area contributed by atoms with E-state index in [0.717, 1.165) is 6.07 Å². The summed E-state index contributed by atoms with van der Waals surface area (Å²) in [5, 5.41) is 27.6. The van der Waals surface area contributed by atoms with E-state index in [4.69, 9.17) is 15.1 Å². The number of aromatic carboxylic acids is 1. The Hall–Kier alpha value is -3.25. The van der Waals surface area contributed by atoms with Crippen LogP contribution in [-0.2, 0) is 4.79 Å².